The van der Waals surface area contributed by atoms with Crippen LogP contribution in [0.4, 0.5) is 0 Å². The zero-order chi connectivity index (χ0) is 19.8. The van der Waals surface area contributed by atoms with Crippen LogP contribution in [-0.4, -0.2) is 36.4 Å². The lowest BCUT2D eigenvalue weighted by Crippen LogP contribution is -2.41. The molecule has 2 aromatic rings. The first-order chi connectivity index (χ1) is 12.9. The summed E-state index contributed by atoms with van der Waals surface area (Å²) in [5, 5.41) is 2.56. The van der Waals surface area contributed by atoms with Crippen LogP contribution in [0.25, 0.3) is 0 Å². The Morgan fingerprint density at radius 1 is 0.926 bits per heavy atom. The minimum absolute atomic E-state index is 0.326. The van der Waals surface area contributed by atoms with E-state index in [1.165, 1.54) is 13.8 Å². The number of Topliss-reactive ketones (excluding diaryl/α,β-unsaturated/α-hetero) is 1. The van der Waals surface area contributed by atoms with Crippen LogP contribution in [0.1, 0.15) is 41.5 Å². The van der Waals surface area contributed by atoms with Gasteiger partial charge in [-0.25, -0.2) is 4.79 Å². The highest BCUT2D eigenvalue weighted by atomic mass is 16.5. The number of amides is 1. The van der Waals surface area contributed by atoms with E-state index in [9.17, 15) is 14.4 Å². The normalized spacial score (nSPS) is 12.6. The van der Waals surface area contributed by atoms with Crippen molar-refractivity contribution in [1.82, 2.24) is 5.32 Å². The molecule has 0 aliphatic carbocycles. The molecule has 0 saturated heterocycles. The highest BCUT2D eigenvalue weighted by molar-refractivity contribution is 6.01. The van der Waals surface area contributed by atoms with Crippen LogP contribution in [0.15, 0.2) is 54.6 Å². The van der Waals surface area contributed by atoms with Gasteiger partial charge in [0, 0.05) is 11.1 Å². The smallest absolute Gasteiger partial charge is 0.329 e. The van der Waals surface area contributed by atoms with Gasteiger partial charge in [-0.05, 0) is 57.2 Å². The SMILES string of the molecule is CCOc1ccc(C(=O)[C@H](C)OC(=O)[C@@H](C)NC(=O)c2ccccc2)cc1. The van der Waals surface area contributed by atoms with Crippen LogP contribution >= 0.6 is 0 Å². The molecular formula is C21H23NO5. The molecule has 6 heteroatoms. The predicted octanol–water partition coefficient (Wildman–Crippen LogP) is 3.02. The number of benzene rings is 2. The highest BCUT2D eigenvalue weighted by Crippen LogP contribution is 2.14. The lowest BCUT2D eigenvalue weighted by Gasteiger charge is -2.17. The molecule has 0 saturated carbocycles. The minimum atomic E-state index is -0.966. The molecule has 0 aliphatic heterocycles. The van der Waals surface area contributed by atoms with Crippen LogP contribution in [0.3, 0.4) is 0 Å². The Balaban J connectivity index is 1.91. The summed E-state index contributed by atoms with van der Waals surface area (Å²) in [4.78, 5) is 36.7. The number of esters is 1. The molecule has 0 unspecified atom stereocenters. The fraction of sp³-hybridized carbons (Fsp3) is 0.286. The number of ether oxygens (including phenoxy) is 2. The maximum absolute atomic E-state index is 12.4. The first-order valence-corrected chi connectivity index (χ1v) is 8.75. The Morgan fingerprint density at radius 2 is 1.56 bits per heavy atom. The van der Waals surface area contributed by atoms with E-state index in [1.54, 1.807) is 54.6 Å². The van der Waals surface area contributed by atoms with Crippen LogP contribution < -0.4 is 10.1 Å². The Morgan fingerprint density at radius 3 is 2.15 bits per heavy atom. The second-order valence-electron chi connectivity index (χ2n) is 5.96. The summed E-state index contributed by atoms with van der Waals surface area (Å²) in [5.41, 5.74) is 0.857. The largest absolute Gasteiger partial charge is 0.494 e. The number of rotatable bonds is 8. The fourth-order valence-electron chi connectivity index (χ4n) is 2.38. The number of hydrogen-bond acceptors (Lipinski definition) is 5. The van der Waals surface area contributed by atoms with Crippen molar-refractivity contribution in [3.05, 3.63) is 65.7 Å². The molecule has 0 bridgehead atoms. The van der Waals surface area contributed by atoms with Gasteiger partial charge in [0.15, 0.2) is 6.10 Å². The van der Waals surface area contributed by atoms with Gasteiger partial charge >= 0.3 is 5.97 Å². The molecule has 1 amide bonds. The fourth-order valence-corrected chi connectivity index (χ4v) is 2.38. The van der Waals surface area contributed by atoms with Gasteiger partial charge in [0.2, 0.25) is 5.78 Å². The Hall–Kier alpha value is -3.15. The third-order valence-electron chi connectivity index (χ3n) is 3.85. The maximum Gasteiger partial charge on any atom is 0.329 e. The maximum atomic E-state index is 12.4. The van der Waals surface area contributed by atoms with Crippen LogP contribution in [0, 0.1) is 0 Å². The molecule has 0 aliphatic rings. The third-order valence-corrected chi connectivity index (χ3v) is 3.85. The van der Waals surface area contributed by atoms with E-state index in [-0.39, 0.29) is 11.7 Å². The average Bonchev–Trinajstić information content (AvgIpc) is 2.68. The minimum Gasteiger partial charge on any atom is -0.494 e. The number of carbonyl (C=O) groups is 3. The summed E-state index contributed by atoms with van der Waals surface area (Å²) in [5.74, 6) is -0.722. The van der Waals surface area contributed by atoms with Gasteiger partial charge in [0.25, 0.3) is 5.91 Å². The number of nitrogens with one attached hydrogen (secondary N) is 1. The third kappa shape index (κ3) is 5.67. The van der Waals surface area contributed by atoms with E-state index < -0.39 is 18.1 Å². The molecule has 0 heterocycles. The van der Waals surface area contributed by atoms with Crippen molar-refractivity contribution < 1.29 is 23.9 Å². The van der Waals surface area contributed by atoms with E-state index in [0.717, 1.165) is 0 Å². The van der Waals surface area contributed by atoms with Gasteiger partial charge in [0.05, 0.1) is 6.61 Å². The summed E-state index contributed by atoms with van der Waals surface area (Å²) in [7, 11) is 0. The van der Waals surface area contributed by atoms with Gasteiger partial charge in [-0.15, -0.1) is 0 Å². The summed E-state index contributed by atoms with van der Waals surface area (Å²) in [6.07, 6.45) is -0.966. The van der Waals surface area contributed by atoms with Crippen molar-refractivity contribution in [2.75, 3.05) is 6.61 Å². The van der Waals surface area contributed by atoms with Crippen molar-refractivity contribution in [1.29, 1.82) is 0 Å². The van der Waals surface area contributed by atoms with Gasteiger partial charge < -0.3 is 14.8 Å². The summed E-state index contributed by atoms with van der Waals surface area (Å²) >= 11 is 0. The molecule has 142 valence electrons. The van der Waals surface area contributed by atoms with E-state index >= 15 is 0 Å². The Kier molecular flexibility index (Phi) is 7.11. The summed E-state index contributed by atoms with van der Waals surface area (Å²) < 4.78 is 10.5. The molecular weight excluding hydrogens is 346 g/mol. The zero-order valence-electron chi connectivity index (χ0n) is 15.6. The molecule has 27 heavy (non-hydrogen) atoms. The molecule has 2 atom stereocenters. The zero-order valence-corrected chi connectivity index (χ0v) is 15.6. The predicted molar refractivity (Wildman–Crippen MR) is 101 cm³/mol. The Bertz CT molecular complexity index is 786. The van der Waals surface area contributed by atoms with Crippen molar-refractivity contribution in [2.45, 2.75) is 32.9 Å². The van der Waals surface area contributed by atoms with Crippen molar-refractivity contribution in [2.24, 2.45) is 0 Å². The van der Waals surface area contributed by atoms with Crippen LogP contribution in [0.5, 0.6) is 5.75 Å². The number of hydrogen-bond donors (Lipinski definition) is 1. The standard InChI is InChI=1S/C21H23NO5/c1-4-26-18-12-10-16(11-13-18)19(23)15(3)27-21(25)14(2)22-20(24)17-8-6-5-7-9-17/h5-15H,4H2,1-3H3,(H,22,24)/t14-,15+/m1/s1. The Labute approximate surface area is 158 Å². The lowest BCUT2D eigenvalue weighted by molar-refractivity contribution is -0.148. The van der Waals surface area contributed by atoms with E-state index in [4.69, 9.17) is 9.47 Å². The molecule has 0 aromatic heterocycles. The molecule has 1 N–H and O–H groups in total. The number of carbonyl (C=O) groups excluding carboxylic acids is 3. The highest BCUT2D eigenvalue weighted by Gasteiger charge is 2.24. The second kappa shape index (κ2) is 9.52. The van der Waals surface area contributed by atoms with E-state index in [1.807, 2.05) is 6.92 Å². The van der Waals surface area contributed by atoms with Crippen molar-refractivity contribution in [3.8, 4) is 5.75 Å². The van der Waals surface area contributed by atoms with Gasteiger partial charge in [-0.1, -0.05) is 18.2 Å². The van der Waals surface area contributed by atoms with E-state index in [2.05, 4.69) is 5.32 Å². The summed E-state index contributed by atoms with van der Waals surface area (Å²) in [6, 6.07) is 14.3. The summed E-state index contributed by atoms with van der Waals surface area (Å²) in [6.45, 7) is 5.42. The quantitative estimate of drug-likeness (QED) is 0.571. The van der Waals surface area contributed by atoms with Crippen molar-refractivity contribution >= 4 is 17.7 Å². The lowest BCUT2D eigenvalue weighted by atomic mass is 10.1. The van der Waals surface area contributed by atoms with Gasteiger partial charge in [-0.2, -0.15) is 0 Å². The molecule has 2 rings (SSSR count). The molecule has 6 nitrogen and oxygen atoms in total. The number of ketones is 1. The molecule has 0 radical (unpaired) electrons. The first-order valence-electron chi connectivity index (χ1n) is 8.75. The molecule has 0 spiro atoms. The molecule has 0 fully saturated rings. The second-order valence-corrected chi connectivity index (χ2v) is 5.96. The van der Waals surface area contributed by atoms with Crippen molar-refractivity contribution in [3.63, 3.8) is 0 Å². The van der Waals surface area contributed by atoms with Gasteiger partial charge in [-0.3, -0.25) is 9.59 Å². The topological polar surface area (TPSA) is 81.7 Å². The first kappa shape index (κ1) is 20.2. The monoisotopic (exact) mass is 369 g/mol. The average molecular weight is 369 g/mol. The van der Waals surface area contributed by atoms with E-state index in [0.29, 0.717) is 23.5 Å². The van der Waals surface area contributed by atoms with Crippen LogP contribution in [-0.2, 0) is 9.53 Å². The van der Waals surface area contributed by atoms with Gasteiger partial charge in [0.1, 0.15) is 11.8 Å². The van der Waals surface area contributed by atoms with Crippen LogP contribution in [0.2, 0.25) is 0 Å². The molecule has 2 aromatic carbocycles.